The molecule has 1 atom stereocenters. The molecule has 1 N–H and O–H groups in total. The van der Waals surface area contributed by atoms with Gasteiger partial charge in [-0.15, -0.1) is 0 Å². The second-order valence-corrected chi connectivity index (χ2v) is 6.54. The predicted molar refractivity (Wildman–Crippen MR) is 85.0 cm³/mol. The Morgan fingerprint density at radius 3 is 2.65 bits per heavy atom. The fourth-order valence-corrected chi connectivity index (χ4v) is 3.20. The summed E-state index contributed by atoms with van der Waals surface area (Å²) in [7, 11) is 0. The zero-order valence-corrected chi connectivity index (χ0v) is 13.5. The second kappa shape index (κ2) is 7.26. The molecule has 1 aliphatic heterocycles. The highest BCUT2D eigenvalue weighted by Crippen LogP contribution is 2.35. The molecule has 1 unspecified atom stereocenters. The molecule has 1 aromatic heterocycles. The second-order valence-electron chi connectivity index (χ2n) is 6.54. The predicted octanol–water partition coefficient (Wildman–Crippen LogP) is 4.01. The first-order valence-corrected chi connectivity index (χ1v) is 8.47. The van der Waals surface area contributed by atoms with Crippen molar-refractivity contribution in [3.63, 3.8) is 0 Å². The molecule has 2 rings (SSSR count). The van der Waals surface area contributed by atoms with Crippen LogP contribution in [0.2, 0.25) is 0 Å². The smallest absolute Gasteiger partial charge is 0.0686 e. The first-order valence-electron chi connectivity index (χ1n) is 8.47. The van der Waals surface area contributed by atoms with Crippen LogP contribution >= 0.6 is 0 Å². The van der Waals surface area contributed by atoms with Crippen molar-refractivity contribution in [2.75, 3.05) is 6.54 Å². The fraction of sp³-hybridized carbons (Fsp3) is 0.824. The van der Waals surface area contributed by atoms with E-state index in [1.54, 1.807) is 0 Å². The molecule has 0 amide bonds. The lowest BCUT2D eigenvalue weighted by atomic mass is 9.77. The van der Waals surface area contributed by atoms with Crippen molar-refractivity contribution in [2.45, 2.75) is 84.2 Å². The molecule has 0 saturated heterocycles. The average Bonchev–Trinajstić information content (AvgIpc) is 2.90. The summed E-state index contributed by atoms with van der Waals surface area (Å²) in [5, 5.41) is 8.37. The minimum atomic E-state index is 0.273. The van der Waals surface area contributed by atoms with Gasteiger partial charge in [-0.3, -0.25) is 4.68 Å². The molecule has 0 saturated carbocycles. The van der Waals surface area contributed by atoms with Gasteiger partial charge in [0.25, 0.3) is 0 Å². The van der Waals surface area contributed by atoms with Gasteiger partial charge in [-0.05, 0) is 18.9 Å². The van der Waals surface area contributed by atoms with E-state index in [2.05, 4.69) is 36.8 Å². The van der Waals surface area contributed by atoms with Crippen LogP contribution in [0.15, 0.2) is 6.07 Å². The normalized spacial score (nSPS) is 17.8. The molecule has 3 nitrogen and oxygen atoms in total. The van der Waals surface area contributed by atoms with E-state index in [4.69, 9.17) is 5.10 Å². The Morgan fingerprint density at radius 1 is 1.20 bits per heavy atom. The Bertz CT molecular complexity index is 387. The maximum Gasteiger partial charge on any atom is 0.0686 e. The van der Waals surface area contributed by atoms with Crippen LogP contribution in [0.4, 0.5) is 0 Å². The molecular formula is C17H31N3. The summed E-state index contributed by atoms with van der Waals surface area (Å²) in [6.07, 6.45) is 9.12. The number of fused-ring (bicyclic) bond motifs is 1. The van der Waals surface area contributed by atoms with E-state index in [9.17, 15) is 0 Å². The van der Waals surface area contributed by atoms with Crippen molar-refractivity contribution >= 4 is 0 Å². The first kappa shape index (κ1) is 15.6. The molecule has 0 radical (unpaired) electrons. The number of hydrogen-bond donors (Lipinski definition) is 1. The summed E-state index contributed by atoms with van der Waals surface area (Å²) in [6.45, 7) is 10.1. The zero-order chi connectivity index (χ0) is 14.4. The lowest BCUT2D eigenvalue weighted by Crippen LogP contribution is -2.28. The molecular weight excluding hydrogens is 246 g/mol. The van der Waals surface area contributed by atoms with Gasteiger partial charge in [-0.2, -0.15) is 5.10 Å². The zero-order valence-electron chi connectivity index (χ0n) is 13.5. The van der Waals surface area contributed by atoms with Gasteiger partial charge in [0, 0.05) is 18.5 Å². The van der Waals surface area contributed by atoms with Crippen LogP contribution in [0.25, 0.3) is 0 Å². The fourth-order valence-electron chi connectivity index (χ4n) is 3.20. The molecule has 0 aliphatic carbocycles. The quantitative estimate of drug-likeness (QED) is 0.727. The van der Waals surface area contributed by atoms with E-state index in [0.29, 0.717) is 0 Å². The van der Waals surface area contributed by atoms with Crippen molar-refractivity contribution in [3.8, 4) is 0 Å². The van der Waals surface area contributed by atoms with E-state index in [0.717, 1.165) is 19.6 Å². The molecule has 114 valence electrons. The number of nitrogens with zero attached hydrogens (tertiary/aromatic N) is 2. The van der Waals surface area contributed by atoms with Crippen LogP contribution in [0.3, 0.4) is 0 Å². The minimum absolute atomic E-state index is 0.273. The Kier molecular flexibility index (Phi) is 5.64. The average molecular weight is 277 g/mol. The number of unbranched alkanes of at least 4 members (excludes halogenated alkanes) is 3. The van der Waals surface area contributed by atoms with Gasteiger partial charge in [0.1, 0.15) is 0 Å². The Labute approximate surface area is 124 Å². The monoisotopic (exact) mass is 277 g/mol. The molecule has 0 fully saturated rings. The lowest BCUT2D eigenvalue weighted by Gasteiger charge is -2.28. The van der Waals surface area contributed by atoms with Crippen molar-refractivity contribution < 1.29 is 0 Å². The molecule has 0 aromatic carbocycles. The van der Waals surface area contributed by atoms with Crippen molar-refractivity contribution in [3.05, 3.63) is 17.5 Å². The van der Waals surface area contributed by atoms with Crippen LogP contribution in [0.1, 0.15) is 77.1 Å². The third-order valence-electron chi connectivity index (χ3n) is 4.70. The van der Waals surface area contributed by atoms with Crippen LogP contribution in [0, 0.1) is 0 Å². The van der Waals surface area contributed by atoms with Gasteiger partial charge in [0.15, 0.2) is 0 Å². The number of rotatable bonds is 8. The number of aromatic nitrogens is 2. The third-order valence-corrected chi connectivity index (χ3v) is 4.70. The van der Waals surface area contributed by atoms with E-state index in [-0.39, 0.29) is 5.41 Å². The first-order chi connectivity index (χ1) is 9.69. The van der Waals surface area contributed by atoms with Crippen molar-refractivity contribution in [2.24, 2.45) is 0 Å². The van der Waals surface area contributed by atoms with Gasteiger partial charge < -0.3 is 5.32 Å². The maximum absolute atomic E-state index is 4.93. The molecule has 0 bridgehead atoms. The summed E-state index contributed by atoms with van der Waals surface area (Å²) < 4.78 is 2.22. The van der Waals surface area contributed by atoms with Crippen LogP contribution in [-0.4, -0.2) is 16.3 Å². The van der Waals surface area contributed by atoms with Crippen molar-refractivity contribution in [1.82, 2.24) is 15.1 Å². The Balaban J connectivity index is 2.13. The SMILES string of the molecule is CCCCCC(C)(CCCC)c1cc2n(n1)CCNC2. The maximum atomic E-state index is 4.93. The molecule has 1 aliphatic rings. The highest BCUT2D eigenvalue weighted by Gasteiger charge is 2.29. The Hall–Kier alpha value is -0.830. The van der Waals surface area contributed by atoms with Crippen LogP contribution < -0.4 is 5.32 Å². The summed E-state index contributed by atoms with van der Waals surface area (Å²) in [5.41, 5.74) is 2.97. The summed E-state index contributed by atoms with van der Waals surface area (Å²) >= 11 is 0. The van der Waals surface area contributed by atoms with E-state index in [1.807, 2.05) is 0 Å². The lowest BCUT2D eigenvalue weighted by molar-refractivity contribution is 0.355. The molecule has 1 aromatic rings. The molecule has 2 heterocycles. The molecule has 20 heavy (non-hydrogen) atoms. The molecule has 3 heteroatoms. The van der Waals surface area contributed by atoms with E-state index < -0.39 is 0 Å². The van der Waals surface area contributed by atoms with Gasteiger partial charge in [-0.1, -0.05) is 52.9 Å². The van der Waals surface area contributed by atoms with Crippen LogP contribution in [0.5, 0.6) is 0 Å². The molecule has 0 spiro atoms. The number of nitrogens with one attached hydrogen (secondary N) is 1. The summed E-state index contributed by atoms with van der Waals surface area (Å²) in [4.78, 5) is 0. The van der Waals surface area contributed by atoms with E-state index in [1.165, 1.54) is 56.3 Å². The third kappa shape index (κ3) is 3.63. The summed E-state index contributed by atoms with van der Waals surface area (Å²) in [6, 6.07) is 2.35. The highest BCUT2D eigenvalue weighted by molar-refractivity contribution is 5.20. The van der Waals surface area contributed by atoms with Gasteiger partial charge in [0.2, 0.25) is 0 Å². The number of hydrogen-bond acceptors (Lipinski definition) is 2. The topological polar surface area (TPSA) is 29.9 Å². The van der Waals surface area contributed by atoms with Crippen LogP contribution in [-0.2, 0) is 18.5 Å². The van der Waals surface area contributed by atoms with Gasteiger partial charge in [0.05, 0.1) is 17.9 Å². The van der Waals surface area contributed by atoms with Gasteiger partial charge in [-0.25, -0.2) is 0 Å². The van der Waals surface area contributed by atoms with E-state index >= 15 is 0 Å². The standard InChI is InChI=1S/C17H31N3/c1-4-6-8-10-17(3,9-7-5-2)16-13-15-14-18-11-12-20(15)19-16/h13,18H,4-12,14H2,1-3H3. The minimum Gasteiger partial charge on any atom is -0.309 e. The Morgan fingerprint density at radius 2 is 1.95 bits per heavy atom. The highest BCUT2D eigenvalue weighted by atomic mass is 15.3. The van der Waals surface area contributed by atoms with Gasteiger partial charge >= 0.3 is 0 Å². The van der Waals surface area contributed by atoms with Crippen molar-refractivity contribution in [1.29, 1.82) is 0 Å². The summed E-state index contributed by atoms with van der Waals surface area (Å²) in [5.74, 6) is 0. The largest absolute Gasteiger partial charge is 0.309 e.